The van der Waals surface area contributed by atoms with Crippen molar-refractivity contribution in [3.05, 3.63) is 29.2 Å². The number of aromatic nitrogens is 1. The lowest BCUT2D eigenvalue weighted by atomic mass is 9.97. The summed E-state index contributed by atoms with van der Waals surface area (Å²) in [6, 6.07) is 2.43. The van der Waals surface area contributed by atoms with E-state index in [2.05, 4.69) is 12.2 Å². The molecule has 0 aromatic carbocycles. The van der Waals surface area contributed by atoms with E-state index in [0.29, 0.717) is 6.04 Å². The molecule has 2 heterocycles. The van der Waals surface area contributed by atoms with Gasteiger partial charge >= 0.3 is 0 Å². The summed E-state index contributed by atoms with van der Waals surface area (Å²) < 4.78 is 5.14. The van der Waals surface area contributed by atoms with Crippen LogP contribution in [0.25, 0.3) is 10.6 Å². The predicted molar refractivity (Wildman–Crippen MR) is 73.8 cm³/mol. The van der Waals surface area contributed by atoms with Crippen LogP contribution in [0.4, 0.5) is 0 Å². The average Bonchev–Trinajstić information content (AvgIpc) is 3.03. The summed E-state index contributed by atoms with van der Waals surface area (Å²) in [6.07, 6.45) is 8.31. The van der Waals surface area contributed by atoms with Crippen LogP contribution in [0.3, 0.4) is 0 Å². The Bertz CT molecular complexity index is 504. The molecule has 1 atom stereocenters. The summed E-state index contributed by atoms with van der Waals surface area (Å²) in [7, 11) is 0. The van der Waals surface area contributed by atoms with Crippen LogP contribution in [0.1, 0.15) is 42.8 Å². The normalized spacial score (nSPS) is 18.8. The van der Waals surface area contributed by atoms with Gasteiger partial charge in [0, 0.05) is 10.4 Å². The second kappa shape index (κ2) is 5.24. The van der Waals surface area contributed by atoms with Gasteiger partial charge in [0.2, 0.25) is 0 Å². The van der Waals surface area contributed by atoms with Crippen molar-refractivity contribution in [3.63, 3.8) is 0 Å². The summed E-state index contributed by atoms with van der Waals surface area (Å²) in [5.74, 6) is 0. The molecule has 18 heavy (non-hydrogen) atoms. The lowest BCUT2D eigenvalue weighted by Crippen LogP contribution is -2.25. The molecule has 0 bridgehead atoms. The van der Waals surface area contributed by atoms with E-state index in [4.69, 9.17) is 9.40 Å². The number of fused-ring (bicyclic) bond motifs is 1. The fourth-order valence-corrected chi connectivity index (χ4v) is 3.60. The number of nitrogens with zero attached hydrogens (tertiary/aromatic N) is 1. The lowest BCUT2D eigenvalue weighted by Gasteiger charge is -2.22. The van der Waals surface area contributed by atoms with E-state index in [9.17, 15) is 0 Å². The molecule has 1 unspecified atom stereocenters. The fourth-order valence-electron chi connectivity index (χ4n) is 2.45. The number of thiazole rings is 1. The average molecular weight is 262 g/mol. The molecule has 0 amide bonds. The van der Waals surface area contributed by atoms with Crippen LogP contribution in [0.5, 0.6) is 0 Å². The predicted octanol–water partition coefficient (Wildman–Crippen LogP) is 3.78. The van der Waals surface area contributed by atoms with Crippen molar-refractivity contribution in [2.24, 2.45) is 0 Å². The van der Waals surface area contributed by atoms with Crippen molar-refractivity contribution in [2.45, 2.75) is 38.6 Å². The van der Waals surface area contributed by atoms with E-state index >= 15 is 0 Å². The third-order valence-corrected chi connectivity index (χ3v) is 4.54. The number of rotatable bonds is 4. The van der Waals surface area contributed by atoms with Gasteiger partial charge in [0.15, 0.2) is 0 Å². The molecular formula is C14H18N2OS. The smallest absolute Gasteiger partial charge is 0.127 e. The third-order valence-electron chi connectivity index (χ3n) is 3.36. The van der Waals surface area contributed by atoms with Crippen molar-refractivity contribution in [1.82, 2.24) is 10.3 Å². The van der Waals surface area contributed by atoms with Gasteiger partial charge in [-0.25, -0.2) is 4.98 Å². The molecule has 0 fully saturated rings. The van der Waals surface area contributed by atoms with Gasteiger partial charge in [-0.2, -0.15) is 0 Å². The summed E-state index contributed by atoms with van der Waals surface area (Å²) in [6.45, 7) is 3.28. The molecule has 3 rings (SSSR count). The summed E-state index contributed by atoms with van der Waals surface area (Å²) in [5.41, 5.74) is 2.37. The summed E-state index contributed by atoms with van der Waals surface area (Å²) in [5, 5.41) is 4.70. The molecule has 1 aliphatic rings. The van der Waals surface area contributed by atoms with Gasteiger partial charge in [-0.1, -0.05) is 6.92 Å². The van der Waals surface area contributed by atoms with Crippen molar-refractivity contribution >= 4 is 11.3 Å². The number of furan rings is 1. The highest BCUT2D eigenvalue weighted by Gasteiger charge is 2.24. The first-order valence-corrected chi connectivity index (χ1v) is 7.45. The van der Waals surface area contributed by atoms with Crippen molar-refractivity contribution in [2.75, 3.05) is 6.54 Å². The van der Waals surface area contributed by atoms with E-state index in [-0.39, 0.29) is 0 Å². The zero-order valence-electron chi connectivity index (χ0n) is 10.6. The van der Waals surface area contributed by atoms with Gasteiger partial charge in [-0.3, -0.25) is 0 Å². The second-order valence-electron chi connectivity index (χ2n) is 4.74. The monoisotopic (exact) mass is 262 g/mol. The van der Waals surface area contributed by atoms with Gasteiger partial charge in [0.25, 0.3) is 0 Å². The molecular weight excluding hydrogens is 244 g/mol. The molecule has 2 aromatic rings. The zero-order chi connectivity index (χ0) is 12.4. The number of hydrogen-bond acceptors (Lipinski definition) is 4. The van der Waals surface area contributed by atoms with Crippen molar-refractivity contribution in [3.8, 4) is 10.6 Å². The number of nitrogens with one attached hydrogen (secondary N) is 1. The second-order valence-corrected chi connectivity index (χ2v) is 5.82. The Balaban J connectivity index is 1.88. The Kier molecular flexibility index (Phi) is 3.48. The van der Waals surface area contributed by atoms with Crippen LogP contribution in [0, 0.1) is 0 Å². The minimum atomic E-state index is 0.450. The van der Waals surface area contributed by atoms with E-state index in [0.717, 1.165) is 17.1 Å². The van der Waals surface area contributed by atoms with Crippen molar-refractivity contribution < 1.29 is 4.42 Å². The SMILES string of the molecule is CCCNC1CCCc2sc(-c3ccoc3)nc21. The van der Waals surface area contributed by atoms with E-state index in [1.54, 1.807) is 12.5 Å². The third kappa shape index (κ3) is 2.22. The molecule has 1 N–H and O–H groups in total. The molecule has 4 heteroatoms. The molecule has 0 saturated carbocycles. The first-order valence-electron chi connectivity index (χ1n) is 6.64. The maximum absolute atomic E-state index is 5.14. The van der Waals surface area contributed by atoms with Crippen LogP contribution in [-0.2, 0) is 6.42 Å². The van der Waals surface area contributed by atoms with Gasteiger partial charge in [0.05, 0.1) is 18.0 Å². The minimum absolute atomic E-state index is 0.450. The van der Waals surface area contributed by atoms with Crippen LogP contribution < -0.4 is 5.32 Å². The number of aryl methyl sites for hydroxylation is 1. The molecule has 0 saturated heterocycles. The van der Waals surface area contributed by atoms with E-state index < -0.39 is 0 Å². The summed E-state index contributed by atoms with van der Waals surface area (Å²) in [4.78, 5) is 6.27. The lowest BCUT2D eigenvalue weighted by molar-refractivity contribution is 0.454. The van der Waals surface area contributed by atoms with E-state index in [1.165, 1.54) is 36.3 Å². The molecule has 1 aliphatic carbocycles. The first kappa shape index (κ1) is 11.9. The Morgan fingerprint density at radius 3 is 3.28 bits per heavy atom. The fraction of sp³-hybridized carbons (Fsp3) is 0.500. The minimum Gasteiger partial charge on any atom is -0.472 e. The van der Waals surface area contributed by atoms with Crippen LogP contribution in [0.15, 0.2) is 23.0 Å². The molecule has 96 valence electrons. The van der Waals surface area contributed by atoms with E-state index in [1.807, 2.05) is 17.4 Å². The van der Waals surface area contributed by atoms with Gasteiger partial charge in [-0.15, -0.1) is 11.3 Å². The molecule has 2 aromatic heterocycles. The largest absolute Gasteiger partial charge is 0.472 e. The Labute approximate surface area is 111 Å². The summed E-state index contributed by atoms with van der Waals surface area (Å²) >= 11 is 1.82. The number of hydrogen-bond donors (Lipinski definition) is 1. The molecule has 0 radical (unpaired) electrons. The highest BCUT2D eigenvalue weighted by atomic mass is 32.1. The Morgan fingerprint density at radius 2 is 2.50 bits per heavy atom. The van der Waals surface area contributed by atoms with Gasteiger partial charge in [0.1, 0.15) is 11.3 Å². The van der Waals surface area contributed by atoms with Crippen molar-refractivity contribution in [1.29, 1.82) is 0 Å². The molecule has 3 nitrogen and oxygen atoms in total. The standard InChI is InChI=1S/C14H18N2OS/c1-2-7-15-11-4-3-5-12-13(11)16-14(18-12)10-6-8-17-9-10/h6,8-9,11,15H,2-5,7H2,1H3. The van der Waals surface area contributed by atoms with Crippen LogP contribution >= 0.6 is 11.3 Å². The molecule has 0 spiro atoms. The Hall–Kier alpha value is -1.13. The maximum atomic E-state index is 5.14. The van der Waals surface area contributed by atoms with Gasteiger partial charge in [-0.05, 0) is 38.3 Å². The molecule has 0 aliphatic heterocycles. The zero-order valence-corrected chi connectivity index (χ0v) is 11.4. The maximum Gasteiger partial charge on any atom is 0.127 e. The quantitative estimate of drug-likeness (QED) is 0.911. The van der Waals surface area contributed by atoms with Crippen LogP contribution in [0.2, 0.25) is 0 Å². The highest BCUT2D eigenvalue weighted by molar-refractivity contribution is 7.15. The van der Waals surface area contributed by atoms with Crippen LogP contribution in [-0.4, -0.2) is 11.5 Å². The Morgan fingerprint density at radius 1 is 1.56 bits per heavy atom. The topological polar surface area (TPSA) is 38.1 Å². The van der Waals surface area contributed by atoms with Gasteiger partial charge < -0.3 is 9.73 Å². The highest BCUT2D eigenvalue weighted by Crippen LogP contribution is 2.37. The first-order chi connectivity index (χ1) is 8.88.